The van der Waals surface area contributed by atoms with Crippen molar-refractivity contribution in [1.29, 1.82) is 0 Å². The van der Waals surface area contributed by atoms with Gasteiger partial charge < -0.3 is 14.9 Å². The number of carbonyl (C=O) groups is 1. The average molecular weight is 386 g/mol. The molecule has 0 saturated heterocycles. The molecule has 2 heterocycles. The first-order chi connectivity index (χ1) is 14.0. The van der Waals surface area contributed by atoms with Crippen LogP contribution >= 0.6 is 0 Å². The first kappa shape index (κ1) is 17.7. The number of fused-ring (bicyclic) bond motifs is 1. The van der Waals surface area contributed by atoms with Crippen LogP contribution in [0.5, 0.6) is 5.75 Å². The summed E-state index contributed by atoms with van der Waals surface area (Å²) in [5, 5.41) is 17.1. The Labute approximate surface area is 169 Å². The van der Waals surface area contributed by atoms with Crippen molar-refractivity contribution in [2.75, 3.05) is 5.32 Å². The number of rotatable bonds is 2. The van der Waals surface area contributed by atoms with Crippen molar-refractivity contribution in [2.45, 2.75) is 38.5 Å². The summed E-state index contributed by atoms with van der Waals surface area (Å²) >= 11 is 0. The fourth-order valence-electron chi connectivity index (χ4n) is 4.68. The summed E-state index contributed by atoms with van der Waals surface area (Å²) in [4.78, 5) is 13.4. The molecule has 0 bridgehead atoms. The molecule has 5 heteroatoms. The lowest BCUT2D eigenvalue weighted by Gasteiger charge is -2.35. The van der Waals surface area contributed by atoms with Gasteiger partial charge in [-0.2, -0.15) is 0 Å². The molecule has 0 radical (unpaired) electrons. The molecule has 5 nitrogen and oxygen atoms in total. The van der Waals surface area contributed by atoms with Gasteiger partial charge in [0.15, 0.2) is 5.78 Å². The Kier molecular flexibility index (Phi) is 4.05. The number of phenolic OH excluding ortho intramolecular Hbond substituents is 1. The van der Waals surface area contributed by atoms with Crippen molar-refractivity contribution in [2.24, 2.45) is 0 Å². The molecule has 1 aliphatic carbocycles. The number of hydrogen-bond donors (Lipinski definition) is 2. The fourth-order valence-corrected chi connectivity index (χ4v) is 4.68. The predicted molar refractivity (Wildman–Crippen MR) is 110 cm³/mol. The van der Waals surface area contributed by atoms with E-state index in [4.69, 9.17) is 4.52 Å². The van der Waals surface area contributed by atoms with Gasteiger partial charge in [0.25, 0.3) is 0 Å². The van der Waals surface area contributed by atoms with Gasteiger partial charge in [0.1, 0.15) is 5.75 Å². The molecule has 5 rings (SSSR count). The second kappa shape index (κ2) is 6.62. The summed E-state index contributed by atoms with van der Waals surface area (Å²) in [5.41, 5.74) is 6.81. The molecular weight excluding hydrogens is 364 g/mol. The molecule has 0 unspecified atom stereocenters. The van der Waals surface area contributed by atoms with Crippen molar-refractivity contribution >= 4 is 11.7 Å². The van der Waals surface area contributed by atoms with Crippen LogP contribution in [0.2, 0.25) is 0 Å². The van der Waals surface area contributed by atoms with E-state index in [0.717, 1.165) is 39.2 Å². The zero-order valence-electron chi connectivity index (χ0n) is 16.4. The lowest BCUT2D eigenvalue weighted by Crippen LogP contribution is -2.29. The Bertz CT molecular complexity index is 1140. The van der Waals surface area contributed by atoms with Crippen LogP contribution in [-0.4, -0.2) is 16.0 Å². The van der Waals surface area contributed by atoms with E-state index in [-0.39, 0.29) is 23.4 Å². The van der Waals surface area contributed by atoms with E-state index in [9.17, 15) is 9.90 Å². The van der Waals surface area contributed by atoms with Crippen LogP contribution < -0.4 is 5.32 Å². The van der Waals surface area contributed by atoms with Gasteiger partial charge in [0, 0.05) is 23.6 Å². The Morgan fingerprint density at radius 3 is 2.59 bits per heavy atom. The number of ketones is 1. The van der Waals surface area contributed by atoms with Crippen molar-refractivity contribution in [1.82, 2.24) is 5.16 Å². The van der Waals surface area contributed by atoms with Crippen LogP contribution in [0.25, 0.3) is 0 Å². The van der Waals surface area contributed by atoms with E-state index in [1.807, 2.05) is 31.2 Å². The molecule has 2 aliphatic rings. The highest BCUT2D eigenvalue weighted by Crippen LogP contribution is 2.49. The normalized spacial score (nSPS) is 20.8. The number of benzene rings is 2. The number of phenols is 1. The number of aryl methyl sites for hydroxylation is 2. The van der Waals surface area contributed by atoms with Crippen LogP contribution in [0.4, 0.5) is 5.88 Å². The predicted octanol–water partition coefficient (Wildman–Crippen LogP) is 4.96. The summed E-state index contributed by atoms with van der Waals surface area (Å²) in [7, 11) is 0. The van der Waals surface area contributed by atoms with Gasteiger partial charge in [0.05, 0.1) is 11.3 Å². The number of Topliss-reactive ketones (excluding diaryl/α,β-unsaturated/α-hetero) is 1. The lowest BCUT2D eigenvalue weighted by molar-refractivity contribution is -0.116. The van der Waals surface area contributed by atoms with Gasteiger partial charge in [0.2, 0.25) is 5.88 Å². The third kappa shape index (κ3) is 2.85. The molecular formula is C24H22N2O3. The van der Waals surface area contributed by atoms with Crippen LogP contribution in [0.15, 0.2) is 64.3 Å². The van der Waals surface area contributed by atoms with E-state index in [0.29, 0.717) is 18.7 Å². The van der Waals surface area contributed by atoms with Gasteiger partial charge in [-0.15, -0.1) is 0 Å². The van der Waals surface area contributed by atoms with Gasteiger partial charge in [-0.3, -0.25) is 4.79 Å². The highest BCUT2D eigenvalue weighted by Gasteiger charge is 2.41. The zero-order valence-corrected chi connectivity index (χ0v) is 16.4. The monoisotopic (exact) mass is 386 g/mol. The van der Waals surface area contributed by atoms with Crippen molar-refractivity contribution in [3.8, 4) is 5.75 Å². The molecule has 1 aliphatic heterocycles. The number of hydrogen-bond acceptors (Lipinski definition) is 5. The van der Waals surface area contributed by atoms with Crippen molar-refractivity contribution in [3.05, 3.63) is 87.7 Å². The molecule has 2 aromatic carbocycles. The summed E-state index contributed by atoms with van der Waals surface area (Å²) < 4.78 is 5.58. The number of nitrogens with one attached hydrogen (secondary N) is 1. The number of anilines is 1. The highest BCUT2D eigenvalue weighted by molar-refractivity contribution is 6.01. The minimum Gasteiger partial charge on any atom is -0.508 e. The Balaban J connectivity index is 1.63. The molecule has 0 spiro atoms. The summed E-state index contributed by atoms with van der Waals surface area (Å²) in [6, 6.07) is 15.3. The molecule has 146 valence electrons. The van der Waals surface area contributed by atoms with Gasteiger partial charge in [-0.1, -0.05) is 41.6 Å². The number of aromatic nitrogens is 1. The topological polar surface area (TPSA) is 75.4 Å². The standard InChI is InChI=1S/C24H22N2O3/c1-13-5-3-4-6-18(13)22-21-14(2)26-29-24(21)25-19-11-16(12-20(28)23(19)22)15-7-9-17(27)10-8-15/h3-10,16,22,25,27H,11-12H2,1-2H3/t16-,22+/m0/s1. The number of carbonyl (C=O) groups excluding carboxylic acids is 1. The van der Waals surface area contributed by atoms with Crippen molar-refractivity contribution in [3.63, 3.8) is 0 Å². The second-order valence-corrected chi connectivity index (χ2v) is 7.94. The maximum atomic E-state index is 13.4. The van der Waals surface area contributed by atoms with E-state index in [2.05, 4.69) is 29.5 Å². The second-order valence-electron chi connectivity index (χ2n) is 7.94. The number of allylic oxidation sites excluding steroid dienone is 2. The Hall–Kier alpha value is -3.34. The molecule has 2 atom stereocenters. The van der Waals surface area contributed by atoms with Crippen molar-refractivity contribution < 1.29 is 14.4 Å². The van der Waals surface area contributed by atoms with Crippen LogP contribution in [0.3, 0.4) is 0 Å². The average Bonchev–Trinajstić information content (AvgIpc) is 3.08. The fraction of sp³-hybridized carbons (Fsp3) is 0.250. The summed E-state index contributed by atoms with van der Waals surface area (Å²) in [5.74, 6) is 0.914. The molecule has 0 amide bonds. The lowest BCUT2D eigenvalue weighted by atomic mass is 9.72. The first-order valence-corrected chi connectivity index (χ1v) is 9.87. The summed E-state index contributed by atoms with van der Waals surface area (Å²) in [6.45, 7) is 4.00. The van der Waals surface area contributed by atoms with Crippen LogP contribution in [0, 0.1) is 13.8 Å². The quantitative estimate of drug-likeness (QED) is 0.651. The molecule has 29 heavy (non-hydrogen) atoms. The largest absolute Gasteiger partial charge is 0.508 e. The van der Waals surface area contributed by atoms with E-state index >= 15 is 0 Å². The van der Waals surface area contributed by atoms with Crippen LogP contribution in [0.1, 0.15) is 52.6 Å². The van der Waals surface area contributed by atoms with Gasteiger partial charge in [-0.05, 0) is 55.0 Å². The maximum Gasteiger partial charge on any atom is 0.233 e. The molecule has 1 aromatic heterocycles. The van der Waals surface area contributed by atoms with Gasteiger partial charge in [-0.25, -0.2) is 0 Å². The minimum atomic E-state index is -0.165. The smallest absolute Gasteiger partial charge is 0.233 e. The van der Waals surface area contributed by atoms with E-state index in [1.54, 1.807) is 12.1 Å². The van der Waals surface area contributed by atoms with E-state index in [1.165, 1.54) is 0 Å². The maximum absolute atomic E-state index is 13.4. The highest BCUT2D eigenvalue weighted by atomic mass is 16.5. The molecule has 0 saturated carbocycles. The third-order valence-corrected chi connectivity index (χ3v) is 6.12. The third-order valence-electron chi connectivity index (χ3n) is 6.12. The van der Waals surface area contributed by atoms with Crippen LogP contribution in [-0.2, 0) is 4.79 Å². The SMILES string of the molecule is Cc1ccccc1[C@H]1C2=C(C[C@H](c3ccc(O)cc3)CC2=O)Nc2onc(C)c21. The summed E-state index contributed by atoms with van der Waals surface area (Å²) in [6.07, 6.45) is 1.17. The van der Waals surface area contributed by atoms with E-state index < -0.39 is 0 Å². The Morgan fingerprint density at radius 2 is 1.83 bits per heavy atom. The molecule has 3 aromatic rings. The zero-order chi connectivity index (χ0) is 20.1. The van der Waals surface area contributed by atoms with Gasteiger partial charge >= 0.3 is 0 Å². The first-order valence-electron chi connectivity index (χ1n) is 9.87. The minimum absolute atomic E-state index is 0.0671. The molecule has 2 N–H and O–H groups in total. The Morgan fingerprint density at radius 1 is 1.07 bits per heavy atom. The number of aromatic hydroxyl groups is 1. The molecule has 0 fully saturated rings. The number of nitrogens with zero attached hydrogens (tertiary/aromatic N) is 1.